The van der Waals surface area contributed by atoms with Gasteiger partial charge < -0.3 is 4.57 Å². The predicted octanol–water partition coefficient (Wildman–Crippen LogP) is 24.5. The fraction of sp³-hybridized carbons (Fsp3) is 0. The predicted molar refractivity (Wildman–Crippen MR) is 381 cm³/mol. The van der Waals surface area contributed by atoms with Crippen LogP contribution < -0.4 is 0 Å². The molecule has 0 unspecified atom stereocenters. The smallest absolute Gasteiger partial charge is 0.0541 e. The molecule has 89 heavy (non-hydrogen) atoms. The first-order chi connectivity index (χ1) is 44.1. The summed E-state index contributed by atoms with van der Waals surface area (Å²) in [6.45, 7) is 0. The van der Waals surface area contributed by atoms with Crippen LogP contribution >= 0.6 is 0 Å². The topological polar surface area (TPSA) is 4.93 Å². The molecule has 0 saturated carbocycles. The summed E-state index contributed by atoms with van der Waals surface area (Å²) in [5, 5.41) is 20.1. The van der Waals surface area contributed by atoms with Crippen molar-refractivity contribution in [3.8, 4) is 83.6 Å². The van der Waals surface area contributed by atoms with Crippen LogP contribution in [0.1, 0.15) is 0 Å². The highest BCUT2D eigenvalue weighted by atomic mass is 15.0. The number of aromatic nitrogens is 1. The van der Waals surface area contributed by atoms with E-state index in [0.29, 0.717) is 0 Å². The minimum atomic E-state index is 1.16. The van der Waals surface area contributed by atoms with Crippen molar-refractivity contribution in [1.29, 1.82) is 0 Å². The van der Waals surface area contributed by atoms with Crippen LogP contribution in [0.4, 0.5) is 0 Å². The Morgan fingerprint density at radius 2 is 0.416 bits per heavy atom. The standard InChI is InChI=1S/C88H55N/c1-4-18-69-66(15-1)53-81(76-25-10-7-21-72(69)76)62-41-37-58(38-42-62)56-29-33-60(34-30-56)64-45-48-87-84(51-64)85-52-65(61-35-31-57(32-36-61)59-39-43-63(44-40-59)82-54-67-16-2-5-19-70(67)73-22-8-11-26-77(73)82)46-49-88(85)89(87)86-50-47-79(75-24-13-14-28-80(75)86)83-55-68-17-3-6-20-71(68)74-23-9-12-27-78(74)83/h1-55H. The SMILES string of the molecule is c1ccc2c(c1)cc(-c1ccc(-c3ccc(-c4ccc5c(c4)c4cc(-c6ccc(-c7ccc(-c8cc9ccccc9c9ccccc89)cc7)cc6)ccc4n5-c4ccc(-c5cc6ccccc6c6ccccc56)c5ccccc45)cc3)cc1)c1ccccc12. The number of hydrogen-bond donors (Lipinski definition) is 0. The summed E-state index contributed by atoms with van der Waals surface area (Å²) in [4.78, 5) is 0. The van der Waals surface area contributed by atoms with Gasteiger partial charge >= 0.3 is 0 Å². The Morgan fingerprint density at radius 1 is 0.146 bits per heavy atom. The lowest BCUT2D eigenvalue weighted by Gasteiger charge is -2.17. The number of rotatable bonds is 8. The Hall–Kier alpha value is -11.6. The third-order valence-corrected chi connectivity index (χ3v) is 19.0. The van der Waals surface area contributed by atoms with Crippen LogP contribution in [0, 0.1) is 0 Å². The van der Waals surface area contributed by atoms with Crippen LogP contribution in [0.3, 0.4) is 0 Å². The van der Waals surface area contributed by atoms with Gasteiger partial charge in [-0.05, 0) is 196 Å². The maximum absolute atomic E-state index is 2.50. The number of fused-ring (bicyclic) bond motifs is 13. The molecule has 0 fully saturated rings. The highest BCUT2D eigenvalue weighted by Crippen LogP contribution is 2.45. The van der Waals surface area contributed by atoms with Crippen molar-refractivity contribution < 1.29 is 0 Å². The summed E-state index contributed by atoms with van der Waals surface area (Å²) in [7, 11) is 0. The molecule has 0 atom stereocenters. The van der Waals surface area contributed by atoms with Crippen LogP contribution in [-0.4, -0.2) is 4.57 Å². The minimum absolute atomic E-state index is 1.16. The van der Waals surface area contributed by atoms with Crippen LogP contribution in [-0.2, 0) is 0 Å². The van der Waals surface area contributed by atoms with Gasteiger partial charge in [-0.25, -0.2) is 0 Å². The molecular formula is C88H55N. The van der Waals surface area contributed by atoms with Crippen molar-refractivity contribution in [2.24, 2.45) is 0 Å². The van der Waals surface area contributed by atoms with E-state index in [9.17, 15) is 0 Å². The van der Waals surface area contributed by atoms with Gasteiger partial charge in [0.05, 0.1) is 16.7 Å². The van der Waals surface area contributed by atoms with E-state index < -0.39 is 0 Å². The van der Waals surface area contributed by atoms with Crippen LogP contribution in [0.2, 0.25) is 0 Å². The van der Waals surface area contributed by atoms with Crippen LogP contribution in [0.25, 0.3) is 181 Å². The maximum atomic E-state index is 2.50. The summed E-state index contributed by atoms with van der Waals surface area (Å²) in [5.74, 6) is 0. The first-order valence-electron chi connectivity index (χ1n) is 30.9. The second-order valence-electron chi connectivity index (χ2n) is 23.9. The number of nitrogens with zero attached hydrogens (tertiary/aromatic N) is 1. The Kier molecular flexibility index (Phi) is 11.7. The normalized spacial score (nSPS) is 11.8. The molecular weight excluding hydrogens is 1070 g/mol. The quantitative estimate of drug-likeness (QED) is 0.134. The lowest BCUT2D eigenvalue weighted by atomic mass is 9.90. The van der Waals surface area contributed by atoms with Gasteiger partial charge in [0, 0.05) is 16.2 Å². The van der Waals surface area contributed by atoms with Gasteiger partial charge in [0.1, 0.15) is 0 Å². The Morgan fingerprint density at radius 3 is 0.798 bits per heavy atom. The van der Waals surface area contributed by atoms with Crippen molar-refractivity contribution in [3.05, 3.63) is 334 Å². The summed E-state index contributed by atoms with van der Waals surface area (Å²) in [6, 6.07) is 124. The molecule has 0 spiro atoms. The fourth-order valence-electron chi connectivity index (χ4n) is 14.6. The molecule has 1 nitrogen and oxygen atoms in total. The first kappa shape index (κ1) is 50.7. The van der Waals surface area contributed by atoms with Gasteiger partial charge in [0.15, 0.2) is 0 Å². The average Bonchev–Trinajstić information content (AvgIpc) is 1.82. The lowest BCUT2D eigenvalue weighted by molar-refractivity contribution is 1.20. The van der Waals surface area contributed by atoms with E-state index in [4.69, 9.17) is 0 Å². The second kappa shape index (κ2) is 20.5. The van der Waals surface area contributed by atoms with Crippen LogP contribution in [0.15, 0.2) is 334 Å². The van der Waals surface area contributed by atoms with Gasteiger partial charge in [0.2, 0.25) is 0 Å². The largest absolute Gasteiger partial charge is 0.309 e. The highest BCUT2D eigenvalue weighted by Gasteiger charge is 2.20. The van der Waals surface area contributed by atoms with Gasteiger partial charge in [-0.15, -0.1) is 0 Å². The minimum Gasteiger partial charge on any atom is -0.309 e. The average molecular weight is 1130 g/mol. The number of benzene rings is 17. The van der Waals surface area contributed by atoms with E-state index >= 15 is 0 Å². The molecule has 18 rings (SSSR count). The van der Waals surface area contributed by atoms with Crippen molar-refractivity contribution in [2.75, 3.05) is 0 Å². The molecule has 0 N–H and O–H groups in total. The van der Waals surface area contributed by atoms with E-state index in [0.717, 1.165) is 5.69 Å². The summed E-state index contributed by atoms with van der Waals surface area (Å²) >= 11 is 0. The van der Waals surface area contributed by atoms with Crippen molar-refractivity contribution in [3.63, 3.8) is 0 Å². The first-order valence-corrected chi connectivity index (χ1v) is 30.9. The molecule has 0 aliphatic heterocycles. The summed E-state index contributed by atoms with van der Waals surface area (Å²) in [6.07, 6.45) is 0. The van der Waals surface area contributed by atoms with Crippen molar-refractivity contribution in [1.82, 2.24) is 4.57 Å². The molecule has 412 valence electrons. The zero-order chi connectivity index (χ0) is 58.5. The maximum Gasteiger partial charge on any atom is 0.0541 e. The van der Waals surface area contributed by atoms with E-state index in [1.807, 2.05) is 0 Å². The molecule has 1 heteroatoms. The Labute approximate surface area is 515 Å². The van der Waals surface area contributed by atoms with Gasteiger partial charge in [-0.2, -0.15) is 0 Å². The molecule has 0 amide bonds. The number of hydrogen-bond acceptors (Lipinski definition) is 0. The van der Waals surface area contributed by atoms with Gasteiger partial charge in [0.25, 0.3) is 0 Å². The zero-order valence-electron chi connectivity index (χ0n) is 48.7. The summed E-state index contributed by atoms with van der Waals surface area (Å²) < 4.78 is 2.50. The van der Waals surface area contributed by atoms with E-state index in [2.05, 4.69) is 338 Å². The lowest BCUT2D eigenvalue weighted by Crippen LogP contribution is -1.97. The third-order valence-electron chi connectivity index (χ3n) is 19.0. The highest BCUT2D eigenvalue weighted by molar-refractivity contribution is 6.19. The molecule has 1 aromatic heterocycles. The zero-order valence-corrected chi connectivity index (χ0v) is 48.7. The molecule has 0 aliphatic carbocycles. The van der Waals surface area contributed by atoms with Crippen molar-refractivity contribution >= 4 is 97.2 Å². The second-order valence-corrected chi connectivity index (χ2v) is 23.9. The summed E-state index contributed by atoms with van der Waals surface area (Å²) in [5.41, 5.74) is 20.4. The Bertz CT molecular complexity index is 5600. The molecule has 0 radical (unpaired) electrons. The molecule has 0 saturated heterocycles. The van der Waals surface area contributed by atoms with Crippen LogP contribution in [0.5, 0.6) is 0 Å². The van der Waals surface area contributed by atoms with E-state index in [-0.39, 0.29) is 0 Å². The molecule has 0 aliphatic rings. The fourth-order valence-corrected chi connectivity index (χ4v) is 14.6. The molecule has 0 bridgehead atoms. The van der Waals surface area contributed by atoms with Crippen molar-refractivity contribution in [2.45, 2.75) is 0 Å². The third kappa shape index (κ3) is 8.39. The Balaban J connectivity index is 0.727. The van der Waals surface area contributed by atoms with E-state index in [1.54, 1.807) is 0 Å². The van der Waals surface area contributed by atoms with Gasteiger partial charge in [-0.3, -0.25) is 0 Å². The van der Waals surface area contributed by atoms with Gasteiger partial charge in [-0.1, -0.05) is 285 Å². The molecule has 17 aromatic carbocycles. The van der Waals surface area contributed by atoms with E-state index in [1.165, 1.54) is 175 Å². The molecule has 1 heterocycles. The monoisotopic (exact) mass is 1130 g/mol. The molecule has 18 aromatic rings.